The van der Waals surface area contributed by atoms with Gasteiger partial charge < -0.3 is 9.47 Å². The highest BCUT2D eigenvalue weighted by Gasteiger charge is 2.40. The van der Waals surface area contributed by atoms with Crippen LogP contribution in [0, 0.1) is 35.3 Å². The van der Waals surface area contributed by atoms with Gasteiger partial charge in [0.05, 0.1) is 23.8 Å². The Morgan fingerprint density at radius 3 is 1.38 bits per heavy atom. The van der Waals surface area contributed by atoms with Crippen molar-refractivity contribution >= 4 is 5.78 Å². The van der Waals surface area contributed by atoms with Crippen LogP contribution in [0.2, 0.25) is 0 Å². The number of aromatic nitrogens is 4. The fourth-order valence-electron chi connectivity index (χ4n) is 8.21. The first kappa shape index (κ1) is 41.3. The molecule has 0 aliphatic carbocycles. The number of ketones is 1. The minimum atomic E-state index is -0.395. The molecule has 4 heterocycles. The highest BCUT2D eigenvalue weighted by atomic mass is 19.1. The normalized spacial score (nSPS) is 17.7. The van der Waals surface area contributed by atoms with E-state index in [0.717, 1.165) is 63.3 Å². The van der Waals surface area contributed by atoms with Crippen molar-refractivity contribution in [1.29, 1.82) is 0 Å². The van der Waals surface area contributed by atoms with E-state index in [4.69, 9.17) is 19.4 Å². The van der Waals surface area contributed by atoms with Gasteiger partial charge in [0.1, 0.15) is 28.6 Å². The topological polar surface area (TPSA) is 93.6 Å². The van der Waals surface area contributed by atoms with E-state index in [1.807, 2.05) is 53.7 Å². The summed E-state index contributed by atoms with van der Waals surface area (Å²) in [7, 11) is 0. The Hall–Kier alpha value is -4.35. The summed E-state index contributed by atoms with van der Waals surface area (Å²) in [5.41, 5.74) is 2.01. The number of likely N-dealkylation sites (tertiary alicyclic amines) is 2. The van der Waals surface area contributed by atoms with Crippen molar-refractivity contribution in [2.24, 2.45) is 23.7 Å². The first-order valence-corrected chi connectivity index (χ1v) is 20.1. The summed E-state index contributed by atoms with van der Waals surface area (Å²) in [5.74, 6) is -0.129. The molecule has 2 aliphatic heterocycles. The molecule has 9 nitrogen and oxygen atoms in total. The smallest absolute Gasteiger partial charge is 0.233 e. The van der Waals surface area contributed by atoms with Crippen molar-refractivity contribution in [3.63, 3.8) is 0 Å². The number of halogens is 2. The molecule has 4 aromatic rings. The molecule has 0 N–H and O–H groups in total. The SMILES string of the molecule is CC(C)(C)Oc1cncc(CN2CCC(C(Cc3ccccc3F)C(=O)C(Cc3ccccc3F)C3CCN(Cc4cncc(OC(C)(C)C)n4)CC3)CC2)n1. The van der Waals surface area contributed by atoms with E-state index < -0.39 is 11.8 Å². The lowest BCUT2D eigenvalue weighted by Crippen LogP contribution is -2.44. The Labute approximate surface area is 331 Å². The lowest BCUT2D eigenvalue weighted by Gasteiger charge is -2.40. The van der Waals surface area contributed by atoms with E-state index in [1.54, 1.807) is 49.1 Å². The Kier molecular flexibility index (Phi) is 13.5. The fourth-order valence-corrected chi connectivity index (χ4v) is 8.21. The van der Waals surface area contributed by atoms with E-state index in [2.05, 4.69) is 19.8 Å². The van der Waals surface area contributed by atoms with Gasteiger partial charge in [0.25, 0.3) is 0 Å². The number of carbonyl (C=O) groups excluding carboxylic acids is 1. The van der Waals surface area contributed by atoms with Crippen LogP contribution in [0.5, 0.6) is 11.8 Å². The molecule has 2 aromatic carbocycles. The second-order valence-electron chi connectivity index (χ2n) is 17.6. The maximum absolute atomic E-state index is 15.3. The molecular weight excluding hydrogens is 711 g/mol. The van der Waals surface area contributed by atoms with Gasteiger partial charge >= 0.3 is 0 Å². The largest absolute Gasteiger partial charge is 0.471 e. The van der Waals surface area contributed by atoms with E-state index >= 15 is 13.6 Å². The van der Waals surface area contributed by atoms with Crippen LogP contribution in [0.25, 0.3) is 0 Å². The number of rotatable bonds is 14. The van der Waals surface area contributed by atoms with E-state index in [-0.39, 0.29) is 40.5 Å². The number of carbonyl (C=O) groups is 1. The summed E-state index contributed by atoms with van der Waals surface area (Å²) in [6.45, 7) is 16.3. The average Bonchev–Trinajstić information content (AvgIpc) is 3.14. The summed E-state index contributed by atoms with van der Waals surface area (Å²) >= 11 is 0. The number of hydrogen-bond donors (Lipinski definition) is 0. The van der Waals surface area contributed by atoms with Crippen LogP contribution in [0.4, 0.5) is 8.78 Å². The molecule has 2 saturated heterocycles. The number of Topliss-reactive ketones (excluding diaryl/α,β-unsaturated/α-hetero) is 1. The third kappa shape index (κ3) is 11.8. The molecule has 0 bridgehead atoms. The number of ether oxygens (including phenoxy) is 2. The summed E-state index contributed by atoms with van der Waals surface area (Å²) in [6, 6.07) is 13.6. The van der Waals surface area contributed by atoms with Gasteiger partial charge in [-0.15, -0.1) is 0 Å². The lowest BCUT2D eigenvalue weighted by molar-refractivity contribution is -0.131. The zero-order valence-corrected chi connectivity index (χ0v) is 33.9. The molecule has 2 aliphatic rings. The second kappa shape index (κ2) is 18.3. The Morgan fingerprint density at radius 2 is 1.02 bits per heavy atom. The van der Waals surface area contributed by atoms with Crippen molar-refractivity contribution in [1.82, 2.24) is 29.7 Å². The van der Waals surface area contributed by atoms with Crippen molar-refractivity contribution in [3.05, 3.63) is 107 Å². The summed E-state index contributed by atoms with van der Waals surface area (Å²) in [5, 5.41) is 0. The Balaban J connectivity index is 1.19. The molecule has 0 radical (unpaired) electrons. The van der Waals surface area contributed by atoms with Crippen molar-refractivity contribution in [3.8, 4) is 11.8 Å². The van der Waals surface area contributed by atoms with Crippen molar-refractivity contribution in [2.75, 3.05) is 26.2 Å². The first-order chi connectivity index (χ1) is 26.7. The molecule has 2 unspecified atom stereocenters. The van der Waals surface area contributed by atoms with Gasteiger partial charge in [0.15, 0.2) is 0 Å². The van der Waals surface area contributed by atoms with E-state index in [9.17, 15) is 0 Å². The van der Waals surface area contributed by atoms with E-state index in [0.29, 0.717) is 48.8 Å². The monoisotopic (exact) mass is 768 g/mol. The second-order valence-corrected chi connectivity index (χ2v) is 17.6. The third-order valence-corrected chi connectivity index (χ3v) is 10.8. The van der Waals surface area contributed by atoms with Crippen LogP contribution in [-0.2, 0) is 30.7 Å². The molecular formula is C45H58F2N6O3. The molecule has 0 spiro atoms. The number of benzene rings is 2. The number of hydrogen-bond acceptors (Lipinski definition) is 9. The minimum Gasteiger partial charge on any atom is -0.471 e. The van der Waals surface area contributed by atoms with Gasteiger partial charge in [-0.05, 0) is 141 Å². The van der Waals surface area contributed by atoms with Gasteiger partial charge in [-0.3, -0.25) is 24.6 Å². The first-order valence-electron chi connectivity index (χ1n) is 20.1. The van der Waals surface area contributed by atoms with Crippen LogP contribution < -0.4 is 9.47 Å². The highest BCUT2D eigenvalue weighted by Crippen LogP contribution is 2.37. The number of piperidine rings is 2. The Morgan fingerprint density at radius 1 is 0.643 bits per heavy atom. The average molecular weight is 769 g/mol. The molecule has 2 fully saturated rings. The molecule has 11 heteroatoms. The Bertz CT molecular complexity index is 1760. The van der Waals surface area contributed by atoms with Crippen molar-refractivity contribution < 1.29 is 23.0 Å². The molecule has 2 aromatic heterocycles. The third-order valence-electron chi connectivity index (χ3n) is 10.8. The van der Waals surface area contributed by atoms with Crippen LogP contribution >= 0.6 is 0 Å². The van der Waals surface area contributed by atoms with Crippen LogP contribution in [0.15, 0.2) is 73.3 Å². The minimum absolute atomic E-state index is 0.0596. The van der Waals surface area contributed by atoms with Crippen LogP contribution in [0.1, 0.15) is 89.7 Å². The summed E-state index contributed by atoms with van der Waals surface area (Å²) < 4.78 is 42.5. The lowest BCUT2D eigenvalue weighted by atomic mass is 9.69. The summed E-state index contributed by atoms with van der Waals surface area (Å²) in [4.78, 5) is 38.0. The summed E-state index contributed by atoms with van der Waals surface area (Å²) in [6.07, 6.45) is 10.6. The van der Waals surface area contributed by atoms with Gasteiger partial charge in [-0.2, -0.15) is 0 Å². The molecule has 2 atom stereocenters. The zero-order valence-electron chi connectivity index (χ0n) is 33.9. The fraction of sp³-hybridized carbons (Fsp3) is 0.533. The zero-order chi connectivity index (χ0) is 39.9. The van der Waals surface area contributed by atoms with Gasteiger partial charge in [0, 0.05) is 37.3 Å². The predicted octanol–water partition coefficient (Wildman–Crippen LogP) is 8.31. The van der Waals surface area contributed by atoms with Gasteiger partial charge in [0.2, 0.25) is 11.8 Å². The predicted molar refractivity (Wildman–Crippen MR) is 213 cm³/mol. The van der Waals surface area contributed by atoms with E-state index in [1.165, 1.54) is 12.1 Å². The molecule has 0 saturated carbocycles. The maximum Gasteiger partial charge on any atom is 0.233 e. The maximum atomic E-state index is 15.3. The molecule has 56 heavy (non-hydrogen) atoms. The molecule has 6 rings (SSSR count). The van der Waals surface area contributed by atoms with Gasteiger partial charge in [-0.25, -0.2) is 18.7 Å². The molecule has 0 amide bonds. The quantitative estimate of drug-likeness (QED) is 0.126. The number of nitrogens with zero attached hydrogens (tertiary/aromatic N) is 6. The van der Waals surface area contributed by atoms with Crippen LogP contribution in [0.3, 0.4) is 0 Å². The highest BCUT2D eigenvalue weighted by molar-refractivity contribution is 5.84. The standard InChI is InChI=1S/C45H58F2N6O3/c1-44(2,3)55-41-27-48-25-35(50-41)29-52-19-15-31(16-20-52)37(23-33-11-7-9-13-39(33)46)43(54)38(24-34-12-8-10-14-40(34)47)32-17-21-53(22-18-32)30-36-26-49-28-42(51-36)56-45(4,5)6/h7-14,25-28,31-32,37-38H,15-24,29-30H2,1-6H3. The van der Waals surface area contributed by atoms with Gasteiger partial charge in [-0.1, -0.05) is 36.4 Å². The molecule has 300 valence electrons. The van der Waals surface area contributed by atoms with Crippen LogP contribution in [-0.4, -0.2) is 72.9 Å². The van der Waals surface area contributed by atoms with Crippen molar-refractivity contribution in [2.45, 2.75) is 104 Å².